The molecule has 0 radical (unpaired) electrons. The molecule has 1 fully saturated rings. The molecule has 164 valence electrons. The SMILES string of the molecule is CC(C)(C)OC(=O)N[C@H](C(=O)N[C@]1(C)C(=O)N[C@@H]1Oc1ccccc1)c1cccnc1. The van der Waals surface area contributed by atoms with Crippen LogP contribution in [0.2, 0.25) is 0 Å². The van der Waals surface area contributed by atoms with Crippen molar-refractivity contribution in [1.29, 1.82) is 0 Å². The molecule has 3 rings (SSSR count). The van der Waals surface area contributed by atoms with E-state index in [1.807, 2.05) is 6.07 Å². The number of rotatable bonds is 6. The molecule has 0 aliphatic carbocycles. The molecule has 9 nitrogen and oxygen atoms in total. The molecule has 0 saturated carbocycles. The molecule has 9 heteroatoms. The van der Waals surface area contributed by atoms with Crippen LogP contribution in [0.5, 0.6) is 5.75 Å². The van der Waals surface area contributed by atoms with Gasteiger partial charge in [0.15, 0.2) is 5.54 Å². The summed E-state index contributed by atoms with van der Waals surface area (Å²) < 4.78 is 11.1. The first-order valence-electron chi connectivity index (χ1n) is 9.82. The number of ether oxygens (including phenoxy) is 2. The summed E-state index contributed by atoms with van der Waals surface area (Å²) in [6.07, 6.45) is 1.47. The minimum atomic E-state index is -1.33. The van der Waals surface area contributed by atoms with Gasteiger partial charge in [-0.15, -0.1) is 0 Å². The first-order chi connectivity index (χ1) is 14.6. The number of benzene rings is 1. The Bertz CT molecular complexity index is 945. The van der Waals surface area contributed by atoms with Gasteiger partial charge >= 0.3 is 6.09 Å². The lowest BCUT2D eigenvalue weighted by molar-refractivity contribution is -0.154. The van der Waals surface area contributed by atoms with Crippen LogP contribution in [0.1, 0.15) is 39.3 Å². The highest BCUT2D eigenvalue weighted by Gasteiger charge is 2.55. The maximum absolute atomic E-state index is 13.2. The van der Waals surface area contributed by atoms with E-state index in [2.05, 4.69) is 20.9 Å². The first-order valence-corrected chi connectivity index (χ1v) is 9.82. The summed E-state index contributed by atoms with van der Waals surface area (Å²) in [5.41, 5.74) is -1.63. The summed E-state index contributed by atoms with van der Waals surface area (Å²) in [4.78, 5) is 41.8. The number of amides is 3. The summed E-state index contributed by atoms with van der Waals surface area (Å²) in [5.74, 6) is -0.453. The van der Waals surface area contributed by atoms with Gasteiger partial charge in [-0.1, -0.05) is 24.3 Å². The van der Waals surface area contributed by atoms with Crippen LogP contribution in [0.15, 0.2) is 54.9 Å². The van der Waals surface area contributed by atoms with Crippen molar-refractivity contribution in [2.45, 2.75) is 51.1 Å². The lowest BCUT2D eigenvalue weighted by atomic mass is 9.89. The molecule has 0 bridgehead atoms. The molecule has 1 aliphatic heterocycles. The molecule has 31 heavy (non-hydrogen) atoms. The van der Waals surface area contributed by atoms with E-state index in [1.54, 1.807) is 70.3 Å². The normalized spacial score (nSPS) is 21.2. The van der Waals surface area contributed by atoms with Gasteiger partial charge in [-0.25, -0.2) is 4.79 Å². The van der Waals surface area contributed by atoms with Crippen molar-refractivity contribution in [1.82, 2.24) is 20.9 Å². The average Bonchev–Trinajstić information content (AvgIpc) is 2.72. The van der Waals surface area contributed by atoms with Crippen LogP contribution >= 0.6 is 0 Å². The van der Waals surface area contributed by atoms with Crippen LogP contribution in [0.3, 0.4) is 0 Å². The summed E-state index contributed by atoms with van der Waals surface area (Å²) in [6.45, 7) is 6.72. The average molecular weight is 426 g/mol. The molecule has 1 aromatic heterocycles. The summed E-state index contributed by atoms with van der Waals surface area (Å²) >= 11 is 0. The van der Waals surface area contributed by atoms with E-state index in [0.29, 0.717) is 11.3 Å². The topological polar surface area (TPSA) is 119 Å². The second-order valence-electron chi connectivity index (χ2n) is 8.34. The third-order valence-corrected chi connectivity index (χ3v) is 4.58. The Labute approximate surface area is 180 Å². The predicted octanol–water partition coefficient (Wildman–Crippen LogP) is 2.06. The van der Waals surface area contributed by atoms with Crippen LogP contribution in [-0.4, -0.2) is 40.3 Å². The monoisotopic (exact) mass is 426 g/mol. The third-order valence-electron chi connectivity index (χ3n) is 4.58. The number of carbonyl (C=O) groups is 3. The molecule has 1 aliphatic rings. The molecule has 3 N–H and O–H groups in total. The number of hydrogen-bond donors (Lipinski definition) is 3. The number of pyridine rings is 1. The second kappa shape index (κ2) is 8.63. The van der Waals surface area contributed by atoms with E-state index < -0.39 is 41.3 Å². The number of carbonyl (C=O) groups excluding carboxylic acids is 3. The van der Waals surface area contributed by atoms with Gasteiger partial charge in [0, 0.05) is 18.0 Å². The highest BCUT2D eigenvalue weighted by Crippen LogP contribution is 2.26. The lowest BCUT2D eigenvalue weighted by Gasteiger charge is -2.46. The Morgan fingerprint density at radius 3 is 2.45 bits per heavy atom. The van der Waals surface area contributed by atoms with Gasteiger partial charge in [-0.2, -0.15) is 0 Å². The number of aromatic nitrogens is 1. The maximum Gasteiger partial charge on any atom is 0.408 e. The lowest BCUT2D eigenvalue weighted by Crippen LogP contribution is -2.80. The smallest absolute Gasteiger partial charge is 0.408 e. The highest BCUT2D eigenvalue weighted by atomic mass is 16.6. The van der Waals surface area contributed by atoms with Crippen molar-refractivity contribution in [2.75, 3.05) is 0 Å². The minimum absolute atomic E-state index is 0.399. The molecule has 2 heterocycles. The van der Waals surface area contributed by atoms with Gasteiger partial charge in [0.25, 0.3) is 5.91 Å². The summed E-state index contributed by atoms with van der Waals surface area (Å²) in [5, 5.41) is 7.90. The van der Waals surface area contributed by atoms with Gasteiger partial charge in [0.05, 0.1) is 0 Å². The molecular weight excluding hydrogens is 400 g/mol. The van der Waals surface area contributed by atoms with E-state index in [9.17, 15) is 14.4 Å². The van der Waals surface area contributed by atoms with Crippen LogP contribution in [0, 0.1) is 0 Å². The Morgan fingerprint density at radius 1 is 1.16 bits per heavy atom. The van der Waals surface area contributed by atoms with Crippen molar-refractivity contribution in [3.63, 3.8) is 0 Å². The van der Waals surface area contributed by atoms with Gasteiger partial charge in [0.1, 0.15) is 17.4 Å². The molecule has 3 atom stereocenters. The Kier molecular flexibility index (Phi) is 6.14. The first kappa shape index (κ1) is 22.1. The van der Waals surface area contributed by atoms with Crippen LogP contribution < -0.4 is 20.7 Å². The van der Waals surface area contributed by atoms with Crippen molar-refractivity contribution in [2.24, 2.45) is 0 Å². The fraction of sp³-hybridized carbons (Fsp3) is 0.364. The number of alkyl carbamates (subject to hydrolysis) is 1. The van der Waals surface area contributed by atoms with Crippen LogP contribution in [0.25, 0.3) is 0 Å². The molecule has 1 saturated heterocycles. The van der Waals surface area contributed by atoms with Crippen LogP contribution in [-0.2, 0) is 14.3 Å². The number of nitrogens with one attached hydrogen (secondary N) is 3. The van der Waals surface area contributed by atoms with Gasteiger partial charge in [0.2, 0.25) is 12.1 Å². The van der Waals surface area contributed by atoms with Crippen LogP contribution in [0.4, 0.5) is 4.79 Å². The van der Waals surface area contributed by atoms with Crippen molar-refractivity contribution < 1.29 is 23.9 Å². The zero-order chi connectivity index (χ0) is 22.6. The van der Waals surface area contributed by atoms with Crippen molar-refractivity contribution in [3.8, 4) is 5.75 Å². The molecule has 3 amide bonds. The van der Waals surface area contributed by atoms with E-state index in [4.69, 9.17) is 9.47 Å². The van der Waals surface area contributed by atoms with E-state index in [0.717, 1.165) is 0 Å². The van der Waals surface area contributed by atoms with Gasteiger partial charge < -0.3 is 25.4 Å². The van der Waals surface area contributed by atoms with E-state index in [1.165, 1.54) is 6.20 Å². The predicted molar refractivity (Wildman–Crippen MR) is 112 cm³/mol. The van der Waals surface area contributed by atoms with Gasteiger partial charge in [-0.3, -0.25) is 14.6 Å². The van der Waals surface area contributed by atoms with E-state index >= 15 is 0 Å². The van der Waals surface area contributed by atoms with Crippen molar-refractivity contribution >= 4 is 17.9 Å². The zero-order valence-electron chi connectivity index (χ0n) is 17.8. The molecular formula is C22H26N4O5. The number of para-hydroxylation sites is 1. The number of β-lactam (4-membered cyclic amide) rings is 1. The third kappa shape index (κ3) is 5.30. The Morgan fingerprint density at radius 2 is 1.87 bits per heavy atom. The number of nitrogens with zero attached hydrogens (tertiary/aromatic N) is 1. The summed E-state index contributed by atoms with van der Waals surface area (Å²) in [7, 11) is 0. The largest absolute Gasteiger partial charge is 0.468 e. The highest BCUT2D eigenvalue weighted by molar-refractivity contribution is 5.98. The molecule has 2 aromatic rings. The fourth-order valence-corrected chi connectivity index (χ4v) is 2.96. The number of hydrogen-bond acceptors (Lipinski definition) is 6. The van der Waals surface area contributed by atoms with Crippen molar-refractivity contribution in [3.05, 3.63) is 60.4 Å². The Hall–Kier alpha value is -3.62. The second-order valence-corrected chi connectivity index (χ2v) is 8.34. The van der Waals surface area contributed by atoms with Gasteiger partial charge in [-0.05, 0) is 45.9 Å². The minimum Gasteiger partial charge on any atom is -0.468 e. The zero-order valence-corrected chi connectivity index (χ0v) is 17.8. The molecule has 1 aromatic carbocycles. The standard InChI is InChI=1S/C22H26N4O5/c1-21(2,3)31-20(29)24-16(14-9-8-12-23-13-14)17(27)26-22(4)18(28)25-19(22)30-15-10-6-5-7-11-15/h5-13,16,19H,1-4H3,(H,24,29)(H,25,28)(H,26,27)/t16-,19+,22+/m0/s1. The van der Waals surface area contributed by atoms with E-state index in [-0.39, 0.29) is 0 Å². The quantitative estimate of drug-likeness (QED) is 0.609. The Balaban J connectivity index is 1.77. The maximum atomic E-state index is 13.2. The molecule has 0 unspecified atom stereocenters. The fourth-order valence-electron chi connectivity index (χ4n) is 2.96. The summed E-state index contributed by atoms with van der Waals surface area (Å²) in [6, 6.07) is 11.1. The molecule has 0 spiro atoms.